The van der Waals surface area contributed by atoms with Gasteiger partial charge in [0.05, 0.1) is 0 Å². The van der Waals surface area contributed by atoms with E-state index in [0.29, 0.717) is 12.6 Å². The Morgan fingerprint density at radius 3 is 3.00 bits per heavy atom. The van der Waals surface area contributed by atoms with Crippen molar-refractivity contribution in [3.05, 3.63) is 29.6 Å². The molecule has 0 radical (unpaired) electrons. The minimum Gasteiger partial charge on any atom is -0.329 e. The molecular formula is C14H23N3. The van der Waals surface area contributed by atoms with E-state index in [1.54, 1.807) is 0 Å². The third kappa shape index (κ3) is 2.67. The first-order valence-corrected chi connectivity index (χ1v) is 6.60. The number of pyridine rings is 1. The molecule has 2 atom stereocenters. The number of hydrogen-bond donors (Lipinski definition) is 1. The van der Waals surface area contributed by atoms with E-state index in [2.05, 4.69) is 29.8 Å². The van der Waals surface area contributed by atoms with Crippen molar-refractivity contribution in [2.45, 2.75) is 32.7 Å². The Hall–Kier alpha value is -0.930. The molecule has 2 heterocycles. The molecule has 1 aromatic heterocycles. The van der Waals surface area contributed by atoms with E-state index in [0.717, 1.165) is 5.92 Å². The molecule has 2 N–H and O–H groups in total. The minimum atomic E-state index is 0.347. The third-order valence-electron chi connectivity index (χ3n) is 4.00. The van der Waals surface area contributed by atoms with Gasteiger partial charge in [-0.05, 0) is 43.0 Å². The summed E-state index contributed by atoms with van der Waals surface area (Å²) in [6.45, 7) is 7.47. The summed E-state index contributed by atoms with van der Waals surface area (Å²) in [5.41, 5.74) is 8.57. The Labute approximate surface area is 104 Å². The lowest BCUT2D eigenvalue weighted by molar-refractivity contribution is 0.240. The van der Waals surface area contributed by atoms with E-state index in [9.17, 15) is 0 Å². The number of aryl methyl sites for hydroxylation is 1. The van der Waals surface area contributed by atoms with Crippen LogP contribution < -0.4 is 5.73 Å². The number of likely N-dealkylation sites (tertiary alicyclic amines) is 1. The van der Waals surface area contributed by atoms with Crippen LogP contribution in [0.4, 0.5) is 0 Å². The highest BCUT2D eigenvalue weighted by Crippen LogP contribution is 2.29. The second kappa shape index (κ2) is 5.61. The predicted octanol–water partition coefficient (Wildman–Crippen LogP) is 2.12. The Morgan fingerprint density at radius 2 is 2.41 bits per heavy atom. The van der Waals surface area contributed by atoms with Crippen LogP contribution in [0.5, 0.6) is 0 Å². The van der Waals surface area contributed by atoms with Crippen LogP contribution in [0.3, 0.4) is 0 Å². The summed E-state index contributed by atoms with van der Waals surface area (Å²) in [7, 11) is 0. The largest absolute Gasteiger partial charge is 0.329 e. The summed E-state index contributed by atoms with van der Waals surface area (Å²) in [4.78, 5) is 6.77. The first-order chi connectivity index (χ1) is 8.26. The minimum absolute atomic E-state index is 0.347. The summed E-state index contributed by atoms with van der Waals surface area (Å²) < 4.78 is 0. The zero-order valence-electron chi connectivity index (χ0n) is 10.9. The van der Waals surface area contributed by atoms with Gasteiger partial charge in [-0.2, -0.15) is 0 Å². The van der Waals surface area contributed by atoms with Crippen molar-refractivity contribution in [3.8, 4) is 0 Å². The molecule has 0 bridgehead atoms. The Bertz CT molecular complexity index is 364. The number of rotatable bonds is 4. The topological polar surface area (TPSA) is 42.1 Å². The van der Waals surface area contributed by atoms with Crippen LogP contribution in [0.15, 0.2) is 18.5 Å². The lowest BCUT2D eigenvalue weighted by Gasteiger charge is -2.28. The van der Waals surface area contributed by atoms with Crippen LogP contribution in [0.1, 0.15) is 36.9 Å². The van der Waals surface area contributed by atoms with Crippen LogP contribution >= 0.6 is 0 Å². The molecule has 0 saturated carbocycles. The second-order valence-electron chi connectivity index (χ2n) is 5.04. The van der Waals surface area contributed by atoms with Crippen molar-refractivity contribution in [3.63, 3.8) is 0 Å². The van der Waals surface area contributed by atoms with Crippen molar-refractivity contribution in [1.82, 2.24) is 9.88 Å². The quantitative estimate of drug-likeness (QED) is 0.866. The van der Waals surface area contributed by atoms with Crippen molar-refractivity contribution in [2.75, 3.05) is 19.6 Å². The van der Waals surface area contributed by atoms with Crippen molar-refractivity contribution >= 4 is 0 Å². The molecule has 94 valence electrons. The van der Waals surface area contributed by atoms with Crippen molar-refractivity contribution in [1.29, 1.82) is 0 Å². The van der Waals surface area contributed by atoms with Gasteiger partial charge < -0.3 is 5.73 Å². The summed E-state index contributed by atoms with van der Waals surface area (Å²) in [5, 5.41) is 0. The highest BCUT2D eigenvalue weighted by molar-refractivity contribution is 5.25. The van der Waals surface area contributed by atoms with Crippen LogP contribution in [0, 0.1) is 12.8 Å². The first-order valence-electron chi connectivity index (χ1n) is 6.60. The standard InChI is InChI=1S/C14H23N3/c1-3-12-5-7-17(10-12)14(8-15)13-9-16-6-4-11(13)2/h4,6,9,12,14H,3,5,7-8,10,15H2,1-2H3. The highest BCUT2D eigenvalue weighted by Gasteiger charge is 2.28. The highest BCUT2D eigenvalue weighted by atomic mass is 15.2. The average molecular weight is 233 g/mol. The predicted molar refractivity (Wildman–Crippen MR) is 70.7 cm³/mol. The fourth-order valence-electron chi connectivity index (χ4n) is 2.78. The molecule has 1 saturated heterocycles. The van der Waals surface area contributed by atoms with Gasteiger partial charge in [-0.25, -0.2) is 0 Å². The Morgan fingerprint density at radius 1 is 1.59 bits per heavy atom. The molecule has 1 aliphatic rings. The summed E-state index contributed by atoms with van der Waals surface area (Å²) in [6, 6.07) is 2.42. The average Bonchev–Trinajstić information content (AvgIpc) is 2.81. The summed E-state index contributed by atoms with van der Waals surface area (Å²) in [5.74, 6) is 0.848. The molecule has 0 aliphatic carbocycles. The number of nitrogens with two attached hydrogens (primary N) is 1. The lowest BCUT2D eigenvalue weighted by atomic mass is 10.0. The zero-order valence-corrected chi connectivity index (χ0v) is 10.9. The van der Waals surface area contributed by atoms with Crippen LogP contribution in [-0.4, -0.2) is 29.5 Å². The SMILES string of the molecule is CCC1CCN(C(CN)c2cnccc2C)C1. The zero-order chi connectivity index (χ0) is 12.3. The van der Waals surface area contributed by atoms with Gasteiger partial charge in [-0.15, -0.1) is 0 Å². The van der Waals surface area contributed by atoms with Gasteiger partial charge in [0.2, 0.25) is 0 Å². The molecule has 0 aromatic carbocycles. The van der Waals surface area contributed by atoms with Crippen molar-refractivity contribution < 1.29 is 0 Å². The van der Waals surface area contributed by atoms with Crippen molar-refractivity contribution in [2.24, 2.45) is 11.7 Å². The maximum atomic E-state index is 5.97. The maximum Gasteiger partial charge on any atom is 0.0488 e. The molecular weight excluding hydrogens is 210 g/mol. The van der Waals surface area contributed by atoms with Gasteiger partial charge in [-0.3, -0.25) is 9.88 Å². The second-order valence-corrected chi connectivity index (χ2v) is 5.04. The molecule has 3 nitrogen and oxygen atoms in total. The van der Waals surface area contributed by atoms with E-state index in [1.807, 2.05) is 12.4 Å². The van der Waals surface area contributed by atoms with Crippen LogP contribution in [0.25, 0.3) is 0 Å². The molecule has 17 heavy (non-hydrogen) atoms. The van der Waals surface area contributed by atoms with E-state index >= 15 is 0 Å². The fourth-order valence-corrected chi connectivity index (χ4v) is 2.78. The molecule has 0 spiro atoms. The van der Waals surface area contributed by atoms with Crippen LogP contribution in [-0.2, 0) is 0 Å². The molecule has 2 rings (SSSR count). The summed E-state index contributed by atoms with van der Waals surface area (Å²) >= 11 is 0. The fraction of sp³-hybridized carbons (Fsp3) is 0.643. The van der Waals surface area contributed by atoms with E-state index in [-0.39, 0.29) is 0 Å². The van der Waals surface area contributed by atoms with Gasteiger partial charge >= 0.3 is 0 Å². The molecule has 1 aromatic rings. The molecule has 1 fully saturated rings. The maximum absolute atomic E-state index is 5.97. The van der Waals surface area contributed by atoms with Gasteiger partial charge in [0, 0.05) is 31.5 Å². The molecule has 2 unspecified atom stereocenters. The molecule has 0 amide bonds. The molecule has 3 heteroatoms. The smallest absolute Gasteiger partial charge is 0.0488 e. The van der Waals surface area contributed by atoms with Crippen LogP contribution in [0.2, 0.25) is 0 Å². The summed E-state index contributed by atoms with van der Waals surface area (Å²) in [6.07, 6.45) is 6.42. The monoisotopic (exact) mass is 233 g/mol. The van der Waals surface area contributed by atoms with Gasteiger partial charge in [0.15, 0.2) is 0 Å². The number of aromatic nitrogens is 1. The Balaban J connectivity index is 2.15. The third-order valence-corrected chi connectivity index (χ3v) is 4.00. The number of nitrogens with zero attached hydrogens (tertiary/aromatic N) is 2. The van der Waals surface area contributed by atoms with E-state index in [4.69, 9.17) is 5.73 Å². The molecule has 1 aliphatic heterocycles. The van der Waals surface area contributed by atoms with Gasteiger partial charge in [0.1, 0.15) is 0 Å². The van der Waals surface area contributed by atoms with E-state index in [1.165, 1.54) is 37.1 Å². The number of hydrogen-bond acceptors (Lipinski definition) is 3. The van der Waals surface area contributed by atoms with Gasteiger partial charge in [0.25, 0.3) is 0 Å². The normalized spacial score (nSPS) is 22.9. The van der Waals surface area contributed by atoms with E-state index < -0.39 is 0 Å². The Kier molecular flexibility index (Phi) is 4.13. The van der Waals surface area contributed by atoms with Gasteiger partial charge in [-0.1, -0.05) is 13.3 Å². The first kappa shape index (κ1) is 12.5. The lowest BCUT2D eigenvalue weighted by Crippen LogP contribution is -2.32.